The average molecular weight is 352 g/mol. The molecule has 1 heterocycles. The number of carbonyl (C=O) groups is 3. The monoisotopic (exact) mass is 351 g/mol. The second-order valence-electron chi connectivity index (χ2n) is 5.47. The van der Waals surface area contributed by atoms with E-state index in [0.717, 1.165) is 5.39 Å². The fourth-order valence-electron chi connectivity index (χ4n) is 2.85. The van der Waals surface area contributed by atoms with Crippen molar-refractivity contribution in [1.29, 1.82) is 0 Å². The molecule has 0 atom stereocenters. The van der Waals surface area contributed by atoms with Gasteiger partial charge in [-0.2, -0.15) is 0 Å². The first-order valence-electron chi connectivity index (χ1n) is 7.45. The third-order valence-corrected chi connectivity index (χ3v) is 4.33. The molecule has 1 aliphatic rings. The zero-order valence-electron chi connectivity index (χ0n) is 12.7. The molecule has 122 valence electrons. The molecule has 1 aliphatic heterocycles. The van der Waals surface area contributed by atoms with E-state index in [9.17, 15) is 14.4 Å². The standard InChI is InChI=1S/C19H10ClNO4/c20-15-10-2-1-7-12(15)19(24)25-21-17(22)13-8-3-5-11-6-4-9-14(16(11)13)18(21)23/h1-10H. The number of halogens is 1. The van der Waals surface area contributed by atoms with Crippen molar-refractivity contribution in [2.75, 3.05) is 0 Å². The van der Waals surface area contributed by atoms with Crippen LogP contribution >= 0.6 is 11.6 Å². The van der Waals surface area contributed by atoms with Crippen LogP contribution in [0.4, 0.5) is 0 Å². The molecule has 3 aromatic carbocycles. The maximum absolute atomic E-state index is 12.7. The predicted octanol–water partition coefficient (Wildman–Crippen LogP) is 3.86. The van der Waals surface area contributed by atoms with Crippen molar-refractivity contribution < 1.29 is 19.2 Å². The number of rotatable bonds is 2. The fraction of sp³-hybridized carbons (Fsp3) is 0. The lowest BCUT2D eigenvalue weighted by molar-refractivity contribution is -0.0620. The highest BCUT2D eigenvalue weighted by atomic mass is 35.5. The van der Waals surface area contributed by atoms with Gasteiger partial charge in [0.2, 0.25) is 0 Å². The fourth-order valence-corrected chi connectivity index (χ4v) is 3.06. The molecule has 25 heavy (non-hydrogen) atoms. The topological polar surface area (TPSA) is 63.7 Å². The van der Waals surface area contributed by atoms with E-state index in [2.05, 4.69) is 0 Å². The Morgan fingerprint density at radius 3 is 2.04 bits per heavy atom. The van der Waals surface area contributed by atoms with Crippen molar-refractivity contribution in [1.82, 2.24) is 5.06 Å². The van der Waals surface area contributed by atoms with E-state index in [-0.39, 0.29) is 10.6 Å². The Hall–Kier alpha value is -3.18. The zero-order chi connectivity index (χ0) is 17.6. The Labute approximate surface area is 147 Å². The molecule has 0 fully saturated rings. The van der Waals surface area contributed by atoms with Gasteiger partial charge in [-0.15, -0.1) is 0 Å². The van der Waals surface area contributed by atoms with E-state index in [1.165, 1.54) is 12.1 Å². The largest absolute Gasteiger partial charge is 0.365 e. The summed E-state index contributed by atoms with van der Waals surface area (Å²) in [6.07, 6.45) is 0. The molecule has 0 saturated carbocycles. The number of nitrogens with zero attached hydrogens (tertiary/aromatic N) is 1. The molecular formula is C19H10ClNO4. The molecule has 5 nitrogen and oxygen atoms in total. The van der Waals surface area contributed by atoms with Crippen molar-refractivity contribution in [3.63, 3.8) is 0 Å². The quantitative estimate of drug-likeness (QED) is 0.658. The van der Waals surface area contributed by atoms with E-state index in [1.807, 2.05) is 12.1 Å². The van der Waals surface area contributed by atoms with Crippen LogP contribution in [0.1, 0.15) is 31.1 Å². The summed E-state index contributed by atoms with van der Waals surface area (Å²) in [5.74, 6) is -2.25. The molecule has 4 rings (SSSR count). The molecule has 0 spiro atoms. The number of benzene rings is 3. The molecule has 0 bridgehead atoms. The lowest BCUT2D eigenvalue weighted by atomic mass is 9.95. The molecule has 6 heteroatoms. The van der Waals surface area contributed by atoms with E-state index in [4.69, 9.17) is 16.4 Å². The number of hydrogen-bond donors (Lipinski definition) is 0. The number of hydrogen-bond acceptors (Lipinski definition) is 4. The summed E-state index contributed by atoms with van der Waals surface area (Å²) in [7, 11) is 0. The van der Waals surface area contributed by atoms with Gasteiger partial charge in [0.15, 0.2) is 0 Å². The summed E-state index contributed by atoms with van der Waals surface area (Å²) >= 11 is 5.97. The summed E-state index contributed by atoms with van der Waals surface area (Å²) in [4.78, 5) is 42.7. The summed E-state index contributed by atoms with van der Waals surface area (Å²) < 4.78 is 0. The Morgan fingerprint density at radius 1 is 0.840 bits per heavy atom. The third kappa shape index (κ3) is 2.37. The lowest BCUT2D eigenvalue weighted by Crippen LogP contribution is -2.41. The first-order valence-corrected chi connectivity index (χ1v) is 7.83. The van der Waals surface area contributed by atoms with E-state index in [1.54, 1.807) is 36.4 Å². The third-order valence-electron chi connectivity index (χ3n) is 4.00. The van der Waals surface area contributed by atoms with Gasteiger partial charge in [0, 0.05) is 5.39 Å². The van der Waals surface area contributed by atoms with Crippen molar-refractivity contribution in [2.45, 2.75) is 0 Å². The highest BCUT2D eigenvalue weighted by Crippen LogP contribution is 2.30. The molecule has 0 unspecified atom stereocenters. The maximum atomic E-state index is 12.7. The SMILES string of the molecule is O=C(ON1C(=O)c2cccc3cccc(c23)C1=O)c1ccccc1Cl. The highest BCUT2D eigenvalue weighted by Gasteiger charge is 2.36. The first-order chi connectivity index (χ1) is 12.1. The Kier molecular flexibility index (Phi) is 3.51. The van der Waals surface area contributed by atoms with E-state index < -0.39 is 17.8 Å². The second-order valence-corrected chi connectivity index (χ2v) is 5.88. The van der Waals surface area contributed by atoms with Gasteiger partial charge in [-0.05, 0) is 29.7 Å². The van der Waals surface area contributed by atoms with Crippen molar-refractivity contribution in [2.24, 2.45) is 0 Å². The molecule has 3 aromatic rings. The van der Waals surface area contributed by atoms with Crippen LogP contribution in [0, 0.1) is 0 Å². The van der Waals surface area contributed by atoms with Gasteiger partial charge in [0.1, 0.15) is 0 Å². The number of imide groups is 1. The van der Waals surface area contributed by atoms with Crippen molar-refractivity contribution in [3.8, 4) is 0 Å². The first kappa shape index (κ1) is 15.4. The molecule has 0 aromatic heterocycles. The normalized spacial score (nSPS) is 13.2. The molecule has 2 amide bonds. The van der Waals surface area contributed by atoms with Crippen LogP contribution in [0.5, 0.6) is 0 Å². The van der Waals surface area contributed by atoms with E-state index >= 15 is 0 Å². The van der Waals surface area contributed by atoms with Crippen LogP contribution < -0.4 is 0 Å². The summed E-state index contributed by atoms with van der Waals surface area (Å²) in [6, 6.07) is 16.5. The van der Waals surface area contributed by atoms with Crippen LogP contribution in [0.2, 0.25) is 5.02 Å². The van der Waals surface area contributed by atoms with E-state index in [0.29, 0.717) is 21.6 Å². The Morgan fingerprint density at radius 2 is 1.44 bits per heavy atom. The van der Waals surface area contributed by atoms with Crippen LogP contribution in [0.15, 0.2) is 60.7 Å². The smallest absolute Gasteiger partial charge is 0.324 e. The maximum Gasteiger partial charge on any atom is 0.365 e. The number of amides is 2. The molecule has 0 N–H and O–H groups in total. The molecular weight excluding hydrogens is 342 g/mol. The van der Waals surface area contributed by atoms with Crippen LogP contribution in [-0.4, -0.2) is 22.8 Å². The summed E-state index contributed by atoms with van der Waals surface area (Å²) in [5.41, 5.74) is 0.682. The highest BCUT2D eigenvalue weighted by molar-refractivity contribution is 6.33. The predicted molar refractivity (Wildman–Crippen MR) is 91.3 cm³/mol. The average Bonchev–Trinajstić information content (AvgIpc) is 2.63. The minimum absolute atomic E-state index is 0.0711. The zero-order valence-corrected chi connectivity index (χ0v) is 13.5. The van der Waals surface area contributed by atoms with Crippen LogP contribution in [0.25, 0.3) is 10.8 Å². The Bertz CT molecular complexity index is 1010. The minimum atomic E-state index is -0.876. The van der Waals surface area contributed by atoms with Gasteiger partial charge in [-0.3, -0.25) is 9.59 Å². The van der Waals surface area contributed by atoms with Crippen LogP contribution in [-0.2, 0) is 4.84 Å². The number of hydroxylamine groups is 2. The molecule has 0 radical (unpaired) electrons. The van der Waals surface area contributed by atoms with Gasteiger partial charge < -0.3 is 4.84 Å². The van der Waals surface area contributed by atoms with Gasteiger partial charge in [-0.1, -0.05) is 53.1 Å². The number of carbonyl (C=O) groups excluding carboxylic acids is 3. The van der Waals surface area contributed by atoms with Gasteiger partial charge in [0.05, 0.1) is 21.7 Å². The second kappa shape index (κ2) is 5.72. The molecule has 0 saturated heterocycles. The summed E-state index contributed by atoms with van der Waals surface area (Å²) in [5, 5.41) is 1.99. The Balaban J connectivity index is 1.76. The van der Waals surface area contributed by atoms with Gasteiger partial charge in [0.25, 0.3) is 11.8 Å². The van der Waals surface area contributed by atoms with Crippen molar-refractivity contribution in [3.05, 3.63) is 82.4 Å². The van der Waals surface area contributed by atoms with Gasteiger partial charge >= 0.3 is 5.97 Å². The molecule has 0 aliphatic carbocycles. The van der Waals surface area contributed by atoms with Crippen LogP contribution in [0.3, 0.4) is 0 Å². The minimum Gasteiger partial charge on any atom is -0.324 e. The van der Waals surface area contributed by atoms with Gasteiger partial charge in [-0.25, -0.2) is 4.79 Å². The summed E-state index contributed by atoms with van der Waals surface area (Å²) in [6.45, 7) is 0. The lowest BCUT2D eigenvalue weighted by Gasteiger charge is -2.25. The van der Waals surface area contributed by atoms with Crippen molar-refractivity contribution >= 4 is 40.2 Å².